The predicted octanol–water partition coefficient (Wildman–Crippen LogP) is 1.70. The molecule has 1 fully saturated rings. The van der Waals surface area contributed by atoms with Crippen LogP contribution in [0.3, 0.4) is 0 Å². The van der Waals surface area contributed by atoms with Crippen molar-refractivity contribution in [1.82, 2.24) is 25.0 Å². The van der Waals surface area contributed by atoms with Gasteiger partial charge in [-0.3, -0.25) is 14.6 Å². The van der Waals surface area contributed by atoms with E-state index in [0.717, 1.165) is 37.4 Å². The van der Waals surface area contributed by atoms with Crippen LogP contribution in [0, 0.1) is 0 Å². The van der Waals surface area contributed by atoms with Gasteiger partial charge in [-0.25, -0.2) is 0 Å². The molecule has 1 aliphatic rings. The van der Waals surface area contributed by atoms with Crippen LogP contribution in [0.5, 0.6) is 0 Å². The summed E-state index contributed by atoms with van der Waals surface area (Å²) in [6.45, 7) is 6.43. The average molecular weight is 308 g/mol. The highest BCUT2D eigenvalue weighted by Gasteiger charge is 2.18. The van der Waals surface area contributed by atoms with Gasteiger partial charge in [0, 0.05) is 69.0 Å². The second-order valence-corrected chi connectivity index (χ2v) is 5.50. The summed E-state index contributed by atoms with van der Waals surface area (Å²) in [5, 5.41) is 8.09. The Labute approximate surface area is 131 Å². The van der Waals surface area contributed by atoms with Crippen molar-refractivity contribution in [3.05, 3.63) is 36.3 Å². The first-order chi connectivity index (χ1) is 9.72. The molecule has 114 valence electrons. The highest BCUT2D eigenvalue weighted by Crippen LogP contribution is 2.22. The highest BCUT2D eigenvalue weighted by molar-refractivity contribution is 5.85. The molecular formula is C15H22ClN5. The van der Waals surface area contributed by atoms with Crippen LogP contribution < -0.4 is 5.32 Å². The van der Waals surface area contributed by atoms with Gasteiger partial charge in [0.15, 0.2) is 0 Å². The number of pyridine rings is 1. The third-order valence-corrected chi connectivity index (χ3v) is 3.71. The third kappa shape index (κ3) is 3.81. The number of aryl methyl sites for hydroxylation is 1. The normalized spacial score (nSPS) is 19.2. The van der Waals surface area contributed by atoms with Gasteiger partial charge in [0.1, 0.15) is 0 Å². The van der Waals surface area contributed by atoms with Crippen molar-refractivity contribution in [1.29, 1.82) is 0 Å². The minimum Gasteiger partial charge on any atom is -0.312 e. The summed E-state index contributed by atoms with van der Waals surface area (Å²) in [6.07, 6.45) is 5.77. The van der Waals surface area contributed by atoms with Gasteiger partial charge in [0.25, 0.3) is 0 Å². The lowest BCUT2D eigenvalue weighted by molar-refractivity contribution is 0.200. The van der Waals surface area contributed by atoms with Gasteiger partial charge in [0.05, 0.1) is 5.69 Å². The van der Waals surface area contributed by atoms with Crippen molar-refractivity contribution in [2.24, 2.45) is 7.05 Å². The molecule has 6 heteroatoms. The molecule has 5 nitrogen and oxygen atoms in total. The van der Waals surface area contributed by atoms with Crippen LogP contribution in [0.4, 0.5) is 0 Å². The molecule has 0 saturated carbocycles. The molecule has 0 radical (unpaired) electrons. The number of hydrogen-bond donors (Lipinski definition) is 1. The molecule has 1 atom stereocenters. The molecule has 21 heavy (non-hydrogen) atoms. The zero-order valence-corrected chi connectivity index (χ0v) is 13.3. The maximum Gasteiger partial charge on any atom is 0.0969 e. The minimum atomic E-state index is 0. The second kappa shape index (κ2) is 7.02. The molecule has 3 rings (SSSR count). The van der Waals surface area contributed by atoms with Crippen LogP contribution in [0.2, 0.25) is 0 Å². The summed E-state index contributed by atoms with van der Waals surface area (Å²) in [5.74, 6) is 0. The maximum atomic E-state index is 4.61. The summed E-state index contributed by atoms with van der Waals surface area (Å²) in [7, 11) is 1.98. The zero-order valence-electron chi connectivity index (χ0n) is 12.5. The van der Waals surface area contributed by atoms with E-state index in [1.54, 1.807) is 0 Å². The van der Waals surface area contributed by atoms with Crippen molar-refractivity contribution < 1.29 is 0 Å². The molecule has 3 heterocycles. The molecular weight excluding hydrogens is 286 g/mol. The van der Waals surface area contributed by atoms with Crippen molar-refractivity contribution in [3.63, 3.8) is 0 Å². The lowest BCUT2D eigenvalue weighted by Crippen LogP contribution is -2.48. The summed E-state index contributed by atoms with van der Waals surface area (Å²) in [4.78, 5) is 6.57. The first kappa shape index (κ1) is 15.9. The third-order valence-electron chi connectivity index (χ3n) is 3.71. The number of piperazine rings is 1. The molecule has 2 aromatic heterocycles. The Morgan fingerprint density at radius 2 is 2.10 bits per heavy atom. The summed E-state index contributed by atoms with van der Waals surface area (Å²) < 4.78 is 1.90. The lowest BCUT2D eigenvalue weighted by Gasteiger charge is -2.31. The van der Waals surface area contributed by atoms with Gasteiger partial charge < -0.3 is 5.32 Å². The number of hydrogen-bond acceptors (Lipinski definition) is 4. The quantitative estimate of drug-likeness (QED) is 0.937. The predicted molar refractivity (Wildman–Crippen MR) is 86.4 cm³/mol. The van der Waals surface area contributed by atoms with Crippen LogP contribution in [0.15, 0.2) is 30.7 Å². The van der Waals surface area contributed by atoms with Crippen LogP contribution in [0.25, 0.3) is 11.3 Å². The summed E-state index contributed by atoms with van der Waals surface area (Å²) in [6, 6.07) is 4.60. The summed E-state index contributed by atoms with van der Waals surface area (Å²) in [5.41, 5.74) is 3.49. The number of aromatic nitrogens is 3. The van der Waals surface area contributed by atoms with E-state index in [2.05, 4.69) is 33.4 Å². The fourth-order valence-electron chi connectivity index (χ4n) is 2.80. The Kier molecular flexibility index (Phi) is 5.33. The second-order valence-electron chi connectivity index (χ2n) is 5.50. The molecule has 0 spiro atoms. The van der Waals surface area contributed by atoms with Crippen molar-refractivity contribution in [2.45, 2.75) is 19.5 Å². The fraction of sp³-hybridized carbons (Fsp3) is 0.467. The van der Waals surface area contributed by atoms with E-state index >= 15 is 0 Å². The minimum absolute atomic E-state index is 0. The van der Waals surface area contributed by atoms with Gasteiger partial charge >= 0.3 is 0 Å². The van der Waals surface area contributed by atoms with Gasteiger partial charge in [-0.15, -0.1) is 12.4 Å². The van der Waals surface area contributed by atoms with Crippen LogP contribution in [-0.2, 0) is 13.6 Å². The van der Waals surface area contributed by atoms with Gasteiger partial charge in [0.2, 0.25) is 0 Å². The zero-order chi connectivity index (χ0) is 13.9. The molecule has 1 N–H and O–H groups in total. The summed E-state index contributed by atoms with van der Waals surface area (Å²) >= 11 is 0. The van der Waals surface area contributed by atoms with Crippen molar-refractivity contribution >= 4 is 12.4 Å². The average Bonchev–Trinajstić information content (AvgIpc) is 2.80. The Balaban J connectivity index is 0.00000161. The standard InChI is InChI=1S/C15H21N5.ClH/c1-12-9-20(8-7-17-12)11-14-10-19(2)18-15(14)13-3-5-16-6-4-13;/h3-6,10,12,17H,7-9,11H2,1-2H3;1H. The molecule has 1 unspecified atom stereocenters. The van der Waals surface area contributed by atoms with Gasteiger partial charge in [-0.2, -0.15) is 5.10 Å². The molecule has 0 aliphatic carbocycles. The first-order valence-electron chi connectivity index (χ1n) is 7.11. The van der Waals surface area contributed by atoms with Crippen molar-refractivity contribution in [3.8, 4) is 11.3 Å². The smallest absolute Gasteiger partial charge is 0.0969 e. The highest BCUT2D eigenvalue weighted by atomic mass is 35.5. The first-order valence-corrected chi connectivity index (χ1v) is 7.11. The molecule has 0 bridgehead atoms. The van der Waals surface area contributed by atoms with E-state index < -0.39 is 0 Å². The van der Waals surface area contributed by atoms with E-state index in [9.17, 15) is 0 Å². The Morgan fingerprint density at radius 3 is 2.81 bits per heavy atom. The van der Waals surface area contributed by atoms with Crippen LogP contribution in [-0.4, -0.2) is 45.3 Å². The van der Waals surface area contributed by atoms with Gasteiger partial charge in [-0.05, 0) is 19.1 Å². The van der Waals surface area contributed by atoms with E-state index in [4.69, 9.17) is 0 Å². The van der Waals surface area contributed by atoms with Crippen LogP contribution >= 0.6 is 12.4 Å². The fourth-order valence-corrected chi connectivity index (χ4v) is 2.80. The van der Waals surface area contributed by atoms with Crippen LogP contribution in [0.1, 0.15) is 12.5 Å². The van der Waals surface area contributed by atoms with Gasteiger partial charge in [-0.1, -0.05) is 0 Å². The van der Waals surface area contributed by atoms with E-state index in [1.165, 1.54) is 5.56 Å². The number of nitrogens with zero attached hydrogens (tertiary/aromatic N) is 4. The Hall–Kier alpha value is -1.43. The molecule has 0 aromatic carbocycles. The number of halogens is 1. The molecule has 1 saturated heterocycles. The molecule has 0 amide bonds. The molecule has 2 aromatic rings. The Bertz CT molecular complexity index is 569. The Morgan fingerprint density at radius 1 is 1.33 bits per heavy atom. The number of nitrogens with one attached hydrogen (secondary N) is 1. The van der Waals surface area contributed by atoms with E-state index in [0.29, 0.717) is 6.04 Å². The van der Waals surface area contributed by atoms with E-state index in [-0.39, 0.29) is 12.4 Å². The SMILES string of the molecule is CC1CN(Cc2cn(C)nc2-c2ccncc2)CCN1.Cl. The topological polar surface area (TPSA) is 46.0 Å². The lowest BCUT2D eigenvalue weighted by atomic mass is 10.1. The monoisotopic (exact) mass is 307 g/mol. The largest absolute Gasteiger partial charge is 0.312 e. The maximum absolute atomic E-state index is 4.61. The van der Waals surface area contributed by atoms with Crippen molar-refractivity contribution in [2.75, 3.05) is 19.6 Å². The van der Waals surface area contributed by atoms with E-state index in [1.807, 2.05) is 36.3 Å². The number of rotatable bonds is 3. The molecule has 1 aliphatic heterocycles.